The molecule has 0 saturated heterocycles. The molecule has 0 N–H and O–H groups in total. The molecule has 0 aliphatic rings. The van der Waals surface area contributed by atoms with E-state index < -0.39 is 5.97 Å². The van der Waals surface area contributed by atoms with Gasteiger partial charge in [0.15, 0.2) is 11.0 Å². The maximum Gasteiger partial charge on any atom is 0.341 e. The fourth-order valence-electron chi connectivity index (χ4n) is 2.19. The zero-order chi connectivity index (χ0) is 14.8. The maximum absolute atomic E-state index is 12.2. The first-order valence-corrected chi connectivity index (χ1v) is 6.41. The van der Waals surface area contributed by atoms with Crippen LogP contribution in [0.1, 0.15) is 10.4 Å². The standard InChI is InChI=1S/C17H12O4.Na/c1-20-17(19)13-9-5-8-12-14(18)10-15(21-16(12)13)11-6-3-2-4-7-11;/h2-10H,1H3;. The first-order valence-electron chi connectivity index (χ1n) is 6.41. The Bertz CT molecular complexity index is 869. The van der Waals surface area contributed by atoms with Crippen LogP contribution in [0.3, 0.4) is 0 Å². The first-order chi connectivity index (χ1) is 10.2. The van der Waals surface area contributed by atoms with E-state index in [1.54, 1.807) is 18.2 Å². The van der Waals surface area contributed by atoms with Gasteiger partial charge in [-0.25, -0.2) is 4.79 Å². The molecule has 22 heavy (non-hydrogen) atoms. The number of carbonyl (C=O) groups is 1. The third-order valence-corrected chi connectivity index (χ3v) is 3.22. The topological polar surface area (TPSA) is 56.5 Å². The van der Waals surface area contributed by atoms with Crippen LogP contribution in [0.15, 0.2) is 63.8 Å². The number of carbonyl (C=O) groups excluding carboxylic acids is 1. The van der Waals surface area contributed by atoms with Crippen molar-refractivity contribution in [1.29, 1.82) is 0 Å². The number of hydrogen-bond acceptors (Lipinski definition) is 4. The summed E-state index contributed by atoms with van der Waals surface area (Å²) < 4.78 is 10.5. The molecule has 0 saturated carbocycles. The molecule has 3 aromatic rings. The molecule has 1 aromatic heterocycles. The summed E-state index contributed by atoms with van der Waals surface area (Å²) in [5, 5.41) is 0.359. The normalized spacial score (nSPS) is 10.0. The van der Waals surface area contributed by atoms with E-state index in [0.29, 0.717) is 11.1 Å². The minimum atomic E-state index is -0.533. The van der Waals surface area contributed by atoms with Crippen molar-refractivity contribution in [2.24, 2.45) is 0 Å². The molecule has 105 valence electrons. The van der Waals surface area contributed by atoms with Crippen molar-refractivity contribution in [2.45, 2.75) is 0 Å². The summed E-state index contributed by atoms with van der Waals surface area (Å²) in [5.41, 5.74) is 1.07. The van der Waals surface area contributed by atoms with Gasteiger partial charge in [0.25, 0.3) is 0 Å². The summed E-state index contributed by atoms with van der Waals surface area (Å²) in [5.74, 6) is -0.113. The summed E-state index contributed by atoms with van der Waals surface area (Å²) in [7, 11) is 1.29. The number of ether oxygens (including phenoxy) is 1. The fourth-order valence-corrected chi connectivity index (χ4v) is 2.19. The number of fused-ring (bicyclic) bond motifs is 1. The number of hydrogen-bond donors (Lipinski definition) is 0. The molecule has 0 bridgehead atoms. The average Bonchev–Trinajstić information content (AvgIpc) is 2.54. The van der Waals surface area contributed by atoms with Crippen LogP contribution < -0.4 is 5.43 Å². The van der Waals surface area contributed by atoms with E-state index in [0.717, 1.165) is 5.56 Å². The molecular weight excluding hydrogens is 291 g/mol. The van der Waals surface area contributed by atoms with Crippen LogP contribution in [0.25, 0.3) is 22.3 Å². The average molecular weight is 303 g/mol. The zero-order valence-corrected chi connectivity index (χ0v) is 14.3. The molecule has 5 heteroatoms. The fraction of sp³-hybridized carbons (Fsp3) is 0.0588. The van der Waals surface area contributed by atoms with Gasteiger partial charge in [0.2, 0.25) is 0 Å². The van der Waals surface area contributed by atoms with E-state index in [9.17, 15) is 9.59 Å². The van der Waals surface area contributed by atoms with Gasteiger partial charge in [0, 0.05) is 41.2 Å². The Morgan fingerprint density at radius 3 is 2.45 bits per heavy atom. The van der Waals surface area contributed by atoms with E-state index in [1.807, 2.05) is 30.3 Å². The summed E-state index contributed by atoms with van der Waals surface area (Å²) in [6.07, 6.45) is 0. The van der Waals surface area contributed by atoms with Gasteiger partial charge in [-0.15, -0.1) is 0 Å². The predicted octanol–water partition coefficient (Wildman–Crippen LogP) is 2.87. The molecule has 0 aliphatic carbocycles. The van der Waals surface area contributed by atoms with Crippen molar-refractivity contribution in [1.82, 2.24) is 0 Å². The summed E-state index contributed by atoms with van der Waals surface area (Å²) in [6.45, 7) is 0. The number of methoxy groups -OCH3 is 1. The van der Waals surface area contributed by atoms with Crippen molar-refractivity contribution in [3.63, 3.8) is 0 Å². The molecule has 0 atom stereocenters. The van der Waals surface area contributed by atoms with E-state index in [2.05, 4.69) is 0 Å². The van der Waals surface area contributed by atoms with Crippen LogP contribution in [-0.2, 0) is 4.74 Å². The van der Waals surface area contributed by atoms with Crippen LogP contribution in [0.4, 0.5) is 0 Å². The molecule has 2 aromatic carbocycles. The zero-order valence-electron chi connectivity index (χ0n) is 12.3. The Balaban J connectivity index is 0.00000176. The minimum Gasteiger partial charge on any atom is -0.465 e. The van der Waals surface area contributed by atoms with Crippen molar-refractivity contribution in [3.8, 4) is 11.3 Å². The molecule has 0 amide bonds. The smallest absolute Gasteiger partial charge is 0.341 e. The maximum atomic E-state index is 12.2. The van der Waals surface area contributed by atoms with Gasteiger partial charge in [-0.3, -0.25) is 4.79 Å². The summed E-state index contributed by atoms with van der Waals surface area (Å²) in [6, 6.07) is 15.5. The van der Waals surface area contributed by atoms with E-state index in [4.69, 9.17) is 9.15 Å². The molecule has 4 nitrogen and oxygen atoms in total. The second-order valence-corrected chi connectivity index (χ2v) is 4.51. The SMILES string of the molecule is COC(=O)c1cccc2c(=O)cc(-c3ccccc3)oc12.[Na]. The third kappa shape index (κ3) is 2.99. The van der Waals surface area contributed by atoms with E-state index in [-0.39, 0.29) is 46.1 Å². The van der Waals surface area contributed by atoms with Gasteiger partial charge in [-0.2, -0.15) is 0 Å². The Hall–Kier alpha value is -1.88. The predicted molar refractivity (Wildman–Crippen MR) is 85.0 cm³/mol. The molecular formula is C17H12NaO4. The third-order valence-electron chi connectivity index (χ3n) is 3.22. The summed E-state index contributed by atoms with van der Waals surface area (Å²) in [4.78, 5) is 24.0. The largest absolute Gasteiger partial charge is 0.465 e. The molecule has 0 aliphatic heterocycles. The van der Waals surface area contributed by atoms with Gasteiger partial charge >= 0.3 is 5.97 Å². The minimum absolute atomic E-state index is 0. The second-order valence-electron chi connectivity index (χ2n) is 4.51. The second kappa shape index (κ2) is 6.92. The first kappa shape index (κ1) is 16.5. The van der Waals surface area contributed by atoms with E-state index in [1.165, 1.54) is 13.2 Å². The van der Waals surface area contributed by atoms with Crippen molar-refractivity contribution in [3.05, 3.63) is 70.4 Å². The van der Waals surface area contributed by atoms with Gasteiger partial charge in [-0.05, 0) is 12.1 Å². The molecule has 3 rings (SSSR count). The Labute approximate surface area is 149 Å². The van der Waals surface area contributed by atoms with Crippen molar-refractivity contribution in [2.75, 3.05) is 7.11 Å². The van der Waals surface area contributed by atoms with Gasteiger partial charge in [0.05, 0.1) is 12.5 Å². The van der Waals surface area contributed by atoms with E-state index >= 15 is 0 Å². The van der Waals surface area contributed by atoms with Gasteiger partial charge < -0.3 is 9.15 Å². The van der Waals surface area contributed by atoms with Crippen LogP contribution in [0.2, 0.25) is 0 Å². The number of rotatable bonds is 2. The van der Waals surface area contributed by atoms with Gasteiger partial charge in [0.1, 0.15) is 11.3 Å². The molecule has 0 fully saturated rings. The number of esters is 1. The monoisotopic (exact) mass is 303 g/mol. The summed E-state index contributed by atoms with van der Waals surface area (Å²) >= 11 is 0. The van der Waals surface area contributed by atoms with Crippen LogP contribution in [-0.4, -0.2) is 42.6 Å². The Kier molecular flexibility index (Phi) is 5.19. The van der Waals surface area contributed by atoms with Crippen molar-refractivity contribution >= 4 is 46.5 Å². The molecule has 1 heterocycles. The van der Waals surface area contributed by atoms with Crippen LogP contribution in [0.5, 0.6) is 0 Å². The van der Waals surface area contributed by atoms with Gasteiger partial charge in [-0.1, -0.05) is 36.4 Å². The molecule has 0 spiro atoms. The van der Waals surface area contributed by atoms with Crippen molar-refractivity contribution < 1.29 is 13.9 Å². The molecule has 1 radical (unpaired) electrons. The number of para-hydroxylation sites is 1. The molecule has 0 unspecified atom stereocenters. The quantitative estimate of drug-likeness (QED) is 0.539. The Morgan fingerprint density at radius 2 is 1.77 bits per heavy atom. The van der Waals surface area contributed by atoms with Crippen LogP contribution >= 0.6 is 0 Å². The van der Waals surface area contributed by atoms with Crippen LogP contribution in [0, 0.1) is 0 Å². The Morgan fingerprint density at radius 1 is 1.05 bits per heavy atom. The number of benzene rings is 2.